The molecule has 4 N–H and O–H groups in total. The van der Waals surface area contributed by atoms with Gasteiger partial charge in [-0.3, -0.25) is 8.37 Å². The molecule has 0 radical (unpaired) electrons. The van der Waals surface area contributed by atoms with Gasteiger partial charge in [0.1, 0.15) is 83.8 Å². The van der Waals surface area contributed by atoms with Crippen LogP contribution in [-0.2, 0) is 57.2 Å². The summed E-state index contributed by atoms with van der Waals surface area (Å²) >= 11 is 6.90. The molecule has 0 heterocycles. The number of alkyl halides is 2. The lowest BCUT2D eigenvalue weighted by Crippen LogP contribution is -2.23. The van der Waals surface area contributed by atoms with Gasteiger partial charge in [0.2, 0.25) is 0 Å². The molecule has 688 valence electrons. The van der Waals surface area contributed by atoms with E-state index in [0.717, 1.165) is 106 Å². The summed E-state index contributed by atoms with van der Waals surface area (Å²) in [5.74, 6) is 5.12. The molecule has 0 aliphatic heterocycles. The molecule has 16 aromatic carbocycles. The number of aryl methyl sites for hydroxylation is 3. The maximum Gasteiger partial charge on any atom is 0.297 e. The lowest BCUT2D eigenvalue weighted by Gasteiger charge is -2.16. The molecule has 16 rings (SSSR count). The van der Waals surface area contributed by atoms with Crippen LogP contribution in [0.25, 0.3) is 77.9 Å². The first-order valence-corrected chi connectivity index (χ1v) is 48.2. The minimum atomic E-state index is -3.99. The van der Waals surface area contributed by atoms with E-state index >= 15 is 0 Å². The van der Waals surface area contributed by atoms with Crippen molar-refractivity contribution in [2.75, 3.05) is 26.9 Å². The van der Waals surface area contributed by atoms with Gasteiger partial charge >= 0.3 is 0 Å². The SMILES string of the molecule is BrCc1ccc(-c2ccc(CBr)cc2)cc1.C.CC(COc1ccc(-c2ccc(O)cc2)cc1)Oc1ccc(-c2ccc(O)cc2)cc1.COCC(C)Oc1ccc(-c2ccc(OCc3ccc(-c4ccc(COc5ccc(-c6ccc(C)cc6)cc5)cc4)cc3)cc2)cc1.Cc1ccc(S(=O)(=O)OCC(C)OS(=O)(=O)c2ccc(C)cc2)cc1.Oc1ccc(-c2ccc(O)cc2)cc1. The summed E-state index contributed by atoms with van der Waals surface area (Å²) < 4.78 is 93.4. The molecule has 20 heteroatoms. The molecule has 0 saturated heterocycles. The van der Waals surface area contributed by atoms with Gasteiger partial charge in [-0.25, -0.2) is 0 Å². The zero-order valence-corrected chi connectivity index (χ0v) is 79.7. The third-order valence-electron chi connectivity index (χ3n) is 21.0. The number of hydrogen-bond acceptors (Lipinski definition) is 16. The van der Waals surface area contributed by atoms with Gasteiger partial charge in [0.05, 0.1) is 29.1 Å². The van der Waals surface area contributed by atoms with E-state index in [0.29, 0.717) is 26.4 Å². The summed E-state index contributed by atoms with van der Waals surface area (Å²) in [6.07, 6.45) is -1.07. The molecule has 134 heavy (non-hydrogen) atoms. The number of phenols is 4. The molecule has 0 amide bonds. The molecule has 0 aliphatic rings. The van der Waals surface area contributed by atoms with Crippen LogP contribution >= 0.6 is 31.9 Å². The van der Waals surface area contributed by atoms with Gasteiger partial charge in [0.15, 0.2) is 0 Å². The highest BCUT2D eigenvalue weighted by molar-refractivity contribution is 9.08. The van der Waals surface area contributed by atoms with E-state index < -0.39 is 32.9 Å². The van der Waals surface area contributed by atoms with E-state index in [9.17, 15) is 27.0 Å². The van der Waals surface area contributed by atoms with Crippen molar-refractivity contribution in [2.24, 2.45) is 0 Å². The zero-order chi connectivity index (χ0) is 94.1. The first kappa shape index (κ1) is 101. The minimum absolute atomic E-state index is 0. The van der Waals surface area contributed by atoms with Gasteiger partial charge in [-0.05, 0) is 275 Å². The smallest absolute Gasteiger partial charge is 0.297 e. The minimum Gasteiger partial charge on any atom is -0.508 e. The second-order valence-electron chi connectivity index (χ2n) is 31.7. The molecule has 0 aromatic heterocycles. The normalized spacial score (nSPS) is 11.6. The number of aromatic hydroxyl groups is 4. The monoisotopic (exact) mass is 1960 g/mol. The Morgan fingerprint density at radius 3 is 0.739 bits per heavy atom. The predicted molar refractivity (Wildman–Crippen MR) is 546 cm³/mol. The van der Waals surface area contributed by atoms with Crippen LogP contribution in [0.5, 0.6) is 51.7 Å². The average molecular weight is 1960 g/mol. The quantitative estimate of drug-likeness (QED) is 0.0234. The van der Waals surface area contributed by atoms with Gasteiger partial charge < -0.3 is 48.8 Å². The van der Waals surface area contributed by atoms with Crippen molar-refractivity contribution in [1.82, 2.24) is 0 Å². The van der Waals surface area contributed by atoms with Crippen molar-refractivity contribution in [3.63, 3.8) is 0 Å². The van der Waals surface area contributed by atoms with Gasteiger partial charge in [0, 0.05) is 17.8 Å². The van der Waals surface area contributed by atoms with Crippen molar-refractivity contribution in [3.8, 4) is 130 Å². The van der Waals surface area contributed by atoms with Crippen LogP contribution in [0.4, 0.5) is 0 Å². The van der Waals surface area contributed by atoms with E-state index in [-0.39, 0.29) is 52.4 Å². The van der Waals surface area contributed by atoms with Gasteiger partial charge in [-0.1, -0.05) is 311 Å². The summed E-state index contributed by atoms with van der Waals surface area (Å²) in [5, 5.41) is 38.9. The van der Waals surface area contributed by atoms with Crippen LogP contribution in [-0.4, -0.2) is 82.5 Å². The molecule has 0 bridgehead atoms. The fourth-order valence-electron chi connectivity index (χ4n) is 13.5. The standard InChI is InChI=1S/C43H40O4.C27H24O4.C17H20O6S2.C14H12Br2.C12H10O2.CH4/c1-31-4-10-35(11-5-31)38-16-22-41(23-17-38)45-29-33-6-12-36(13-7-33)37-14-8-34(9-15-37)30-46-42-24-18-39(19-25-42)40-20-26-43(27-21-40)47-32(2)28-44-3;1-19(31-27-16-8-23(9-17-27)21-4-12-25(29)13-5-21)18-30-26-14-6-22(7-15-26)20-2-10-24(28)11-3-20;1-13-4-8-16(9-5-13)24(18,19)22-12-15(3)23-25(20,21)17-10-6-14(2)7-11-17;15-9-11-1-5-13(6-2-11)14-7-3-12(10-16)4-8-14;13-11-5-1-9(2-6-11)10-3-7-12(14)8-4-10;/h4-27,32H,28-30H2,1-3H3;2-17,19,28-29H,18H2,1H3;4-11,15H,12H2,1-3H3;1-8H,9-10H2;1-8,13-14H;1H4. The van der Waals surface area contributed by atoms with Crippen LogP contribution in [0.2, 0.25) is 0 Å². The summed E-state index contributed by atoms with van der Waals surface area (Å²) in [6.45, 7) is 12.8. The van der Waals surface area contributed by atoms with E-state index in [4.69, 9.17) is 47.0 Å². The summed E-state index contributed by atoms with van der Waals surface area (Å²) in [6, 6.07) is 124. The highest BCUT2D eigenvalue weighted by Crippen LogP contribution is 2.33. The number of rotatable bonds is 31. The van der Waals surface area contributed by atoms with E-state index in [1.807, 2.05) is 161 Å². The molecule has 0 saturated carbocycles. The zero-order valence-electron chi connectivity index (χ0n) is 74.9. The lowest BCUT2D eigenvalue weighted by molar-refractivity contribution is 0.0921. The fourth-order valence-corrected chi connectivity index (χ4v) is 16.3. The van der Waals surface area contributed by atoms with Gasteiger partial charge in [-0.2, -0.15) is 16.8 Å². The van der Waals surface area contributed by atoms with Crippen LogP contribution in [0, 0.1) is 20.8 Å². The molecule has 16 nitrogen and oxygen atoms in total. The number of hydrogen-bond donors (Lipinski definition) is 4. The van der Waals surface area contributed by atoms with Gasteiger partial charge in [-0.15, -0.1) is 0 Å². The van der Waals surface area contributed by atoms with Crippen LogP contribution in [0.1, 0.15) is 67.1 Å². The maximum absolute atomic E-state index is 12.2. The largest absolute Gasteiger partial charge is 0.508 e. The molecular formula is C114H110Br2O16S2. The first-order chi connectivity index (χ1) is 64.3. The Kier molecular flexibility index (Phi) is 38.0. The number of benzene rings is 16. The van der Waals surface area contributed by atoms with Crippen molar-refractivity contribution in [3.05, 3.63) is 427 Å². The molecule has 3 unspecified atom stereocenters. The Labute approximate surface area is 804 Å². The van der Waals surface area contributed by atoms with E-state index in [1.54, 1.807) is 79.9 Å². The summed E-state index contributed by atoms with van der Waals surface area (Å²) in [7, 11) is -6.28. The van der Waals surface area contributed by atoms with Crippen molar-refractivity contribution >= 4 is 52.1 Å². The third kappa shape index (κ3) is 31.6. The molecular weight excluding hydrogens is 1850 g/mol. The Bertz CT molecular complexity index is 6380. The van der Waals surface area contributed by atoms with Crippen molar-refractivity contribution in [2.45, 2.75) is 101 Å². The highest BCUT2D eigenvalue weighted by Gasteiger charge is 2.23. The second-order valence-corrected chi connectivity index (χ2v) is 36.0. The fraction of sp³-hybridized carbons (Fsp3) is 0.158. The number of methoxy groups -OCH3 is 1. The highest BCUT2D eigenvalue weighted by atomic mass is 79.9. The van der Waals surface area contributed by atoms with E-state index in [1.165, 1.54) is 81.3 Å². The molecule has 3 atom stereocenters. The topological polar surface area (TPSA) is 223 Å². The van der Waals surface area contributed by atoms with Gasteiger partial charge in [0.25, 0.3) is 20.2 Å². The number of halogens is 2. The lowest BCUT2D eigenvalue weighted by atomic mass is 10.0. The maximum atomic E-state index is 12.2. The molecule has 0 fully saturated rings. The number of phenolic OH excluding ortho intramolecular Hbond substituents is 4. The van der Waals surface area contributed by atoms with E-state index in [2.05, 4.69) is 197 Å². The Morgan fingerprint density at radius 2 is 0.470 bits per heavy atom. The van der Waals surface area contributed by atoms with Crippen LogP contribution in [0.15, 0.2) is 398 Å². The Morgan fingerprint density at radius 1 is 0.254 bits per heavy atom. The average Bonchev–Trinajstić information content (AvgIpc) is 0.827. The van der Waals surface area contributed by atoms with Crippen LogP contribution < -0.4 is 23.7 Å². The molecule has 16 aromatic rings. The third-order valence-corrected chi connectivity index (χ3v) is 25.0. The number of ether oxygens (including phenoxy) is 6. The summed E-state index contributed by atoms with van der Waals surface area (Å²) in [5.41, 5.74) is 23.7. The Balaban J connectivity index is 0.000000172. The van der Waals surface area contributed by atoms with Crippen molar-refractivity contribution in [1.29, 1.82) is 0 Å². The summed E-state index contributed by atoms with van der Waals surface area (Å²) in [4.78, 5) is 0.0121. The predicted octanol–water partition coefficient (Wildman–Crippen LogP) is 28.2. The molecule has 0 aliphatic carbocycles. The first-order valence-electron chi connectivity index (χ1n) is 43.2. The second kappa shape index (κ2) is 50.4. The van der Waals surface area contributed by atoms with Crippen LogP contribution in [0.3, 0.4) is 0 Å². The Hall–Kier alpha value is -13.5. The van der Waals surface area contributed by atoms with Crippen molar-refractivity contribution < 1.29 is 74.0 Å². The molecule has 0 spiro atoms.